The molecule has 0 aliphatic heterocycles. The van der Waals surface area contributed by atoms with Crippen LogP contribution in [0.1, 0.15) is 12.5 Å². The van der Waals surface area contributed by atoms with Gasteiger partial charge in [0, 0.05) is 20.6 Å². The van der Waals surface area contributed by atoms with Gasteiger partial charge in [0.1, 0.15) is 18.5 Å². The SMILES string of the molecule is CCn1c(=O)n(C[C@@H](O)COc2ccc(C#N)cc2)c2cc(S(=O)(=O)N(C)C)ccc21. The van der Waals surface area contributed by atoms with Crippen molar-refractivity contribution in [2.75, 3.05) is 20.7 Å². The van der Waals surface area contributed by atoms with Crippen LogP contribution in [0, 0.1) is 11.3 Å². The Labute approximate surface area is 180 Å². The van der Waals surface area contributed by atoms with Gasteiger partial charge in [-0.3, -0.25) is 9.13 Å². The molecule has 10 heteroatoms. The van der Waals surface area contributed by atoms with E-state index < -0.39 is 16.1 Å². The Kier molecular flexibility index (Phi) is 6.50. The van der Waals surface area contributed by atoms with E-state index in [4.69, 9.17) is 10.00 Å². The lowest BCUT2D eigenvalue weighted by Crippen LogP contribution is -2.31. The number of aromatic nitrogens is 2. The van der Waals surface area contributed by atoms with Gasteiger partial charge in [-0.25, -0.2) is 17.5 Å². The molecule has 0 unspecified atom stereocenters. The van der Waals surface area contributed by atoms with Crippen LogP contribution in [0.5, 0.6) is 5.75 Å². The molecule has 3 aromatic rings. The molecular weight excluding hydrogens is 420 g/mol. The molecule has 0 aliphatic carbocycles. The van der Waals surface area contributed by atoms with Crippen LogP contribution in [0.2, 0.25) is 0 Å². The lowest BCUT2D eigenvalue weighted by atomic mass is 10.2. The summed E-state index contributed by atoms with van der Waals surface area (Å²) in [4.78, 5) is 12.9. The van der Waals surface area contributed by atoms with Crippen molar-refractivity contribution in [1.82, 2.24) is 13.4 Å². The molecule has 0 saturated heterocycles. The quantitative estimate of drug-likeness (QED) is 0.561. The number of imidazole rings is 1. The number of hydrogen-bond donors (Lipinski definition) is 1. The molecule has 0 saturated carbocycles. The van der Waals surface area contributed by atoms with Gasteiger partial charge in [-0.2, -0.15) is 5.26 Å². The van der Waals surface area contributed by atoms with E-state index in [9.17, 15) is 18.3 Å². The number of benzene rings is 2. The topological polar surface area (TPSA) is 118 Å². The minimum atomic E-state index is -3.68. The summed E-state index contributed by atoms with van der Waals surface area (Å²) < 4.78 is 34.6. The summed E-state index contributed by atoms with van der Waals surface area (Å²) in [6, 6.07) is 13.0. The van der Waals surface area contributed by atoms with Crippen molar-refractivity contribution < 1.29 is 18.3 Å². The monoisotopic (exact) mass is 444 g/mol. The van der Waals surface area contributed by atoms with Crippen LogP contribution >= 0.6 is 0 Å². The van der Waals surface area contributed by atoms with Gasteiger partial charge < -0.3 is 9.84 Å². The Hall–Kier alpha value is -3.13. The number of hydrogen-bond acceptors (Lipinski definition) is 6. The molecule has 0 aliphatic rings. The number of nitriles is 1. The van der Waals surface area contributed by atoms with Crippen molar-refractivity contribution in [3.05, 3.63) is 58.5 Å². The van der Waals surface area contributed by atoms with Crippen molar-refractivity contribution in [1.29, 1.82) is 5.26 Å². The van der Waals surface area contributed by atoms with Crippen molar-refractivity contribution in [3.63, 3.8) is 0 Å². The molecule has 31 heavy (non-hydrogen) atoms. The molecular formula is C21H24N4O5S. The Bertz CT molecular complexity index is 1280. The molecule has 0 bridgehead atoms. The van der Waals surface area contributed by atoms with E-state index in [1.807, 2.05) is 13.0 Å². The molecule has 164 valence electrons. The van der Waals surface area contributed by atoms with Crippen LogP contribution in [0.25, 0.3) is 11.0 Å². The number of rotatable bonds is 8. The number of fused-ring (bicyclic) bond motifs is 1. The third kappa shape index (κ3) is 4.49. The van der Waals surface area contributed by atoms with Gasteiger partial charge in [0.25, 0.3) is 0 Å². The molecule has 9 nitrogen and oxygen atoms in total. The lowest BCUT2D eigenvalue weighted by molar-refractivity contribution is 0.0924. The standard InChI is InChI=1S/C21H24N4O5S/c1-4-24-19-10-9-18(31(28,29)23(2)3)11-20(19)25(21(24)27)13-16(26)14-30-17-7-5-15(12-22)6-8-17/h5-11,16,26H,4,13-14H2,1-3H3/t16-/m1/s1. The zero-order valence-electron chi connectivity index (χ0n) is 17.5. The molecule has 1 aromatic heterocycles. The summed E-state index contributed by atoms with van der Waals surface area (Å²) in [5.41, 5.74) is 1.17. The van der Waals surface area contributed by atoms with Crippen LogP contribution in [0.4, 0.5) is 0 Å². The van der Waals surface area contributed by atoms with Crippen molar-refractivity contribution in [2.45, 2.75) is 31.0 Å². The molecule has 1 N–H and O–H groups in total. The average Bonchev–Trinajstić information content (AvgIpc) is 3.02. The molecule has 0 radical (unpaired) electrons. The maximum absolute atomic E-state index is 12.9. The summed E-state index contributed by atoms with van der Waals surface area (Å²) in [5, 5.41) is 19.3. The van der Waals surface area contributed by atoms with Crippen LogP contribution in [-0.4, -0.2) is 53.8 Å². The van der Waals surface area contributed by atoms with Crippen LogP contribution in [-0.2, 0) is 23.1 Å². The van der Waals surface area contributed by atoms with Gasteiger partial charge in [0.2, 0.25) is 10.0 Å². The predicted molar refractivity (Wildman–Crippen MR) is 115 cm³/mol. The average molecular weight is 445 g/mol. The number of ether oxygens (including phenoxy) is 1. The maximum Gasteiger partial charge on any atom is 0.329 e. The number of aryl methyl sites for hydroxylation is 1. The lowest BCUT2D eigenvalue weighted by Gasteiger charge is -2.14. The van der Waals surface area contributed by atoms with E-state index in [0.29, 0.717) is 28.9 Å². The Balaban J connectivity index is 1.90. The fourth-order valence-electron chi connectivity index (χ4n) is 3.23. The van der Waals surface area contributed by atoms with Gasteiger partial charge >= 0.3 is 5.69 Å². The highest BCUT2D eigenvalue weighted by molar-refractivity contribution is 7.89. The van der Waals surface area contributed by atoms with E-state index in [0.717, 1.165) is 4.31 Å². The summed E-state index contributed by atoms with van der Waals surface area (Å²) in [5.74, 6) is 0.487. The Morgan fingerprint density at radius 2 is 1.81 bits per heavy atom. The van der Waals surface area contributed by atoms with Gasteiger partial charge in [-0.05, 0) is 49.4 Å². The Morgan fingerprint density at radius 3 is 2.39 bits per heavy atom. The first kappa shape index (κ1) is 22.6. The second-order valence-electron chi connectivity index (χ2n) is 7.18. The van der Waals surface area contributed by atoms with E-state index in [1.165, 1.54) is 35.4 Å². The number of aliphatic hydroxyl groups is 1. The van der Waals surface area contributed by atoms with Gasteiger partial charge in [0.05, 0.1) is 34.1 Å². The molecule has 1 atom stereocenters. The van der Waals surface area contributed by atoms with E-state index >= 15 is 0 Å². The first-order valence-electron chi connectivity index (χ1n) is 9.65. The molecule has 0 fully saturated rings. The predicted octanol–water partition coefficient (Wildman–Crippen LogP) is 1.38. The normalized spacial score (nSPS) is 12.8. The van der Waals surface area contributed by atoms with Gasteiger partial charge in [-0.1, -0.05) is 0 Å². The molecule has 0 amide bonds. The highest BCUT2D eigenvalue weighted by atomic mass is 32.2. The number of sulfonamides is 1. The summed E-state index contributed by atoms with van der Waals surface area (Å²) in [7, 11) is -0.800. The fraction of sp³-hybridized carbons (Fsp3) is 0.333. The zero-order chi connectivity index (χ0) is 22.8. The van der Waals surface area contributed by atoms with E-state index in [2.05, 4.69) is 0 Å². The minimum Gasteiger partial charge on any atom is -0.491 e. The second-order valence-corrected chi connectivity index (χ2v) is 9.33. The van der Waals surface area contributed by atoms with Crippen LogP contribution < -0.4 is 10.4 Å². The molecule has 3 rings (SSSR count). The third-order valence-corrected chi connectivity index (χ3v) is 6.72. The molecule has 2 aromatic carbocycles. The first-order valence-corrected chi connectivity index (χ1v) is 11.1. The number of nitrogens with zero attached hydrogens (tertiary/aromatic N) is 4. The maximum atomic E-state index is 12.9. The summed E-state index contributed by atoms with van der Waals surface area (Å²) in [6.45, 7) is 2.08. The highest BCUT2D eigenvalue weighted by Gasteiger charge is 2.21. The highest BCUT2D eigenvalue weighted by Crippen LogP contribution is 2.21. The first-order chi connectivity index (χ1) is 14.7. The largest absolute Gasteiger partial charge is 0.491 e. The van der Waals surface area contributed by atoms with Gasteiger partial charge in [0.15, 0.2) is 0 Å². The summed E-state index contributed by atoms with van der Waals surface area (Å²) in [6.07, 6.45) is -1.02. The summed E-state index contributed by atoms with van der Waals surface area (Å²) >= 11 is 0. The molecule has 1 heterocycles. The van der Waals surface area contributed by atoms with Crippen molar-refractivity contribution >= 4 is 21.1 Å². The second kappa shape index (κ2) is 8.93. The fourth-order valence-corrected chi connectivity index (χ4v) is 4.16. The van der Waals surface area contributed by atoms with E-state index in [1.54, 1.807) is 30.3 Å². The van der Waals surface area contributed by atoms with Crippen molar-refractivity contribution in [2.24, 2.45) is 0 Å². The zero-order valence-corrected chi connectivity index (χ0v) is 18.3. The third-order valence-electron chi connectivity index (χ3n) is 4.90. The van der Waals surface area contributed by atoms with Crippen LogP contribution in [0.15, 0.2) is 52.2 Å². The minimum absolute atomic E-state index is 0.0651. The van der Waals surface area contributed by atoms with E-state index in [-0.39, 0.29) is 23.7 Å². The van der Waals surface area contributed by atoms with Gasteiger partial charge in [-0.15, -0.1) is 0 Å². The van der Waals surface area contributed by atoms with Crippen molar-refractivity contribution in [3.8, 4) is 11.8 Å². The smallest absolute Gasteiger partial charge is 0.329 e. The Morgan fingerprint density at radius 1 is 1.13 bits per heavy atom. The number of aliphatic hydroxyl groups excluding tert-OH is 1. The molecule has 0 spiro atoms. The van der Waals surface area contributed by atoms with Crippen LogP contribution in [0.3, 0.4) is 0 Å².